The maximum atomic E-state index is 14.2. The SMILES string of the molecule is CCc1ccccc1NC(=O)C1C(=O)CC(C)(O)C(C(=O)Nc2ccccc2CC)C1c1cc(Br)c(OC(C)C)c(OC)c1. The number of ether oxygens (including phenoxy) is 2. The third-order valence-corrected chi connectivity index (χ3v) is 8.72. The number of halogens is 1. The molecule has 4 atom stereocenters. The lowest BCUT2D eigenvalue weighted by molar-refractivity contribution is -0.150. The molecule has 0 saturated heterocycles. The van der Waals surface area contributed by atoms with Crippen molar-refractivity contribution in [2.45, 2.75) is 71.5 Å². The minimum atomic E-state index is -1.75. The lowest BCUT2D eigenvalue weighted by atomic mass is 9.61. The molecule has 0 radical (unpaired) electrons. The molecule has 0 spiro atoms. The van der Waals surface area contributed by atoms with E-state index in [-0.39, 0.29) is 12.5 Å². The summed E-state index contributed by atoms with van der Waals surface area (Å²) in [5.41, 5.74) is 1.78. The Morgan fingerprint density at radius 2 is 1.52 bits per heavy atom. The molecule has 0 heterocycles. The van der Waals surface area contributed by atoms with Gasteiger partial charge in [-0.05, 0) is 90.5 Å². The van der Waals surface area contributed by atoms with Gasteiger partial charge < -0.3 is 25.2 Å². The average molecular weight is 666 g/mol. The fourth-order valence-corrected chi connectivity index (χ4v) is 6.65. The Balaban J connectivity index is 1.88. The zero-order valence-corrected chi connectivity index (χ0v) is 27.7. The van der Waals surface area contributed by atoms with Gasteiger partial charge in [-0.1, -0.05) is 50.2 Å². The smallest absolute Gasteiger partial charge is 0.235 e. The summed E-state index contributed by atoms with van der Waals surface area (Å²) in [6.07, 6.45) is 0.841. The Labute approximate surface area is 267 Å². The number of methoxy groups -OCH3 is 1. The zero-order chi connectivity index (χ0) is 32.2. The van der Waals surface area contributed by atoms with Gasteiger partial charge in [-0.15, -0.1) is 0 Å². The monoisotopic (exact) mass is 664 g/mol. The highest BCUT2D eigenvalue weighted by molar-refractivity contribution is 9.10. The lowest BCUT2D eigenvalue weighted by Gasteiger charge is -2.44. The highest BCUT2D eigenvalue weighted by Crippen LogP contribution is 2.49. The summed E-state index contributed by atoms with van der Waals surface area (Å²) in [6, 6.07) is 18.3. The van der Waals surface area contributed by atoms with Crippen LogP contribution in [0.2, 0.25) is 0 Å². The number of carbonyl (C=O) groups excluding carboxylic acids is 3. The van der Waals surface area contributed by atoms with E-state index in [1.54, 1.807) is 24.3 Å². The highest BCUT2D eigenvalue weighted by Gasteiger charge is 2.56. The van der Waals surface area contributed by atoms with Gasteiger partial charge in [-0.25, -0.2) is 0 Å². The van der Waals surface area contributed by atoms with Gasteiger partial charge in [0.25, 0.3) is 0 Å². The van der Waals surface area contributed by atoms with Crippen LogP contribution in [0.3, 0.4) is 0 Å². The summed E-state index contributed by atoms with van der Waals surface area (Å²) >= 11 is 3.58. The van der Waals surface area contributed by atoms with E-state index in [0.29, 0.717) is 45.8 Å². The predicted molar refractivity (Wildman–Crippen MR) is 175 cm³/mol. The van der Waals surface area contributed by atoms with Crippen LogP contribution < -0.4 is 20.1 Å². The number of aryl methyl sites for hydroxylation is 2. The Bertz CT molecular complexity index is 1540. The van der Waals surface area contributed by atoms with Crippen LogP contribution in [0.5, 0.6) is 11.5 Å². The van der Waals surface area contributed by atoms with Gasteiger partial charge in [0.1, 0.15) is 11.7 Å². The Morgan fingerprint density at radius 1 is 0.977 bits per heavy atom. The van der Waals surface area contributed by atoms with E-state index in [4.69, 9.17) is 9.47 Å². The Kier molecular flexibility index (Phi) is 10.5. The molecule has 1 fully saturated rings. The van der Waals surface area contributed by atoms with E-state index in [0.717, 1.165) is 11.1 Å². The van der Waals surface area contributed by atoms with Crippen molar-refractivity contribution < 1.29 is 29.0 Å². The maximum Gasteiger partial charge on any atom is 0.235 e. The highest BCUT2D eigenvalue weighted by atomic mass is 79.9. The molecule has 2 amide bonds. The van der Waals surface area contributed by atoms with Gasteiger partial charge in [-0.2, -0.15) is 0 Å². The number of nitrogens with one attached hydrogen (secondary N) is 2. The second-order valence-electron chi connectivity index (χ2n) is 11.7. The first-order valence-electron chi connectivity index (χ1n) is 15.0. The molecule has 3 aromatic carbocycles. The van der Waals surface area contributed by atoms with E-state index in [1.807, 2.05) is 64.1 Å². The number of para-hydroxylation sites is 2. The van der Waals surface area contributed by atoms with Crippen LogP contribution in [0.1, 0.15) is 63.6 Å². The summed E-state index contributed by atoms with van der Waals surface area (Å²) in [6.45, 7) is 9.23. The molecule has 0 bridgehead atoms. The molecule has 1 saturated carbocycles. The normalized spacial score (nSPS) is 21.6. The Hall–Kier alpha value is -3.69. The topological polar surface area (TPSA) is 114 Å². The first-order valence-corrected chi connectivity index (χ1v) is 15.8. The third-order valence-electron chi connectivity index (χ3n) is 8.13. The molecule has 4 unspecified atom stereocenters. The van der Waals surface area contributed by atoms with Gasteiger partial charge >= 0.3 is 0 Å². The van der Waals surface area contributed by atoms with E-state index in [9.17, 15) is 19.5 Å². The van der Waals surface area contributed by atoms with Crippen LogP contribution in [0.25, 0.3) is 0 Å². The number of rotatable bonds is 10. The van der Waals surface area contributed by atoms with Crippen LogP contribution in [-0.2, 0) is 27.2 Å². The lowest BCUT2D eigenvalue weighted by Crippen LogP contribution is -2.56. The summed E-state index contributed by atoms with van der Waals surface area (Å²) in [5.74, 6) is -4.14. The number of hydrogen-bond acceptors (Lipinski definition) is 6. The van der Waals surface area contributed by atoms with E-state index in [1.165, 1.54) is 14.0 Å². The van der Waals surface area contributed by atoms with Crippen LogP contribution >= 0.6 is 15.9 Å². The number of anilines is 2. The molecule has 3 N–H and O–H groups in total. The molecule has 1 aliphatic carbocycles. The molecular formula is C35H41BrN2O6. The van der Waals surface area contributed by atoms with Crippen molar-refractivity contribution in [1.29, 1.82) is 0 Å². The molecule has 1 aliphatic rings. The van der Waals surface area contributed by atoms with Gasteiger partial charge in [0.15, 0.2) is 11.5 Å². The van der Waals surface area contributed by atoms with E-state index in [2.05, 4.69) is 26.6 Å². The van der Waals surface area contributed by atoms with E-state index < -0.39 is 41.0 Å². The number of ketones is 1. The second-order valence-corrected chi connectivity index (χ2v) is 12.5. The van der Waals surface area contributed by atoms with Crippen LogP contribution in [-0.4, -0.2) is 41.5 Å². The Morgan fingerprint density at radius 3 is 2.05 bits per heavy atom. The van der Waals surface area contributed by atoms with E-state index >= 15 is 0 Å². The van der Waals surface area contributed by atoms with Gasteiger partial charge in [0, 0.05) is 23.7 Å². The molecule has 0 aromatic heterocycles. The molecule has 9 heteroatoms. The van der Waals surface area contributed by atoms with Crippen molar-refractivity contribution in [1.82, 2.24) is 0 Å². The van der Waals surface area contributed by atoms with Crippen molar-refractivity contribution in [3.63, 3.8) is 0 Å². The minimum absolute atomic E-state index is 0.155. The number of benzene rings is 3. The fraction of sp³-hybridized carbons (Fsp3) is 0.400. The zero-order valence-electron chi connectivity index (χ0n) is 26.1. The number of carbonyl (C=O) groups is 3. The van der Waals surface area contributed by atoms with Gasteiger partial charge in [0.05, 0.1) is 29.2 Å². The van der Waals surface area contributed by atoms with Gasteiger partial charge in [-0.3, -0.25) is 14.4 Å². The summed E-state index contributed by atoms with van der Waals surface area (Å²) in [5, 5.41) is 17.7. The quantitative estimate of drug-likeness (QED) is 0.208. The molecular weight excluding hydrogens is 624 g/mol. The molecule has 3 aromatic rings. The number of hydrogen-bond donors (Lipinski definition) is 3. The van der Waals surface area contributed by atoms with Crippen molar-refractivity contribution in [3.8, 4) is 11.5 Å². The van der Waals surface area contributed by atoms with Crippen LogP contribution in [0.4, 0.5) is 11.4 Å². The van der Waals surface area contributed by atoms with Gasteiger partial charge in [0.2, 0.25) is 11.8 Å². The summed E-state index contributed by atoms with van der Waals surface area (Å²) < 4.78 is 12.2. The van der Waals surface area contributed by atoms with Crippen molar-refractivity contribution in [2.24, 2.45) is 11.8 Å². The molecule has 8 nitrogen and oxygen atoms in total. The standard InChI is InChI=1S/C35H41BrN2O6/c1-7-21-13-9-11-15-25(21)37-33(40)30-27(39)19-35(5,42)31(34(41)38-26-16-12-10-14-22(26)8-2)29(30)23-17-24(36)32(44-20(3)4)28(18-23)43-6/h9-18,20,29-31,42H,7-8,19H2,1-6H3,(H,37,40)(H,38,41). The molecule has 44 heavy (non-hydrogen) atoms. The number of amides is 2. The van der Waals surface area contributed by atoms with Crippen molar-refractivity contribution >= 4 is 44.9 Å². The van der Waals surface area contributed by atoms with Crippen molar-refractivity contribution in [3.05, 3.63) is 81.8 Å². The third kappa shape index (κ3) is 7.00. The molecule has 0 aliphatic heterocycles. The summed E-state index contributed by atoms with van der Waals surface area (Å²) in [7, 11) is 1.50. The first kappa shape index (κ1) is 33.2. The maximum absolute atomic E-state index is 14.2. The van der Waals surface area contributed by atoms with Crippen LogP contribution in [0, 0.1) is 11.8 Å². The predicted octanol–water partition coefficient (Wildman–Crippen LogP) is 6.69. The minimum Gasteiger partial charge on any atom is -0.493 e. The average Bonchev–Trinajstić information content (AvgIpc) is 2.97. The first-order chi connectivity index (χ1) is 20.9. The number of Topliss-reactive ketones (excluding diaryl/α,β-unsaturated/α-hetero) is 1. The molecule has 4 rings (SSSR count). The largest absolute Gasteiger partial charge is 0.493 e. The van der Waals surface area contributed by atoms with Crippen LogP contribution in [0.15, 0.2) is 65.1 Å². The van der Waals surface area contributed by atoms with Crippen molar-refractivity contribution in [2.75, 3.05) is 17.7 Å². The summed E-state index contributed by atoms with van der Waals surface area (Å²) in [4.78, 5) is 42.2. The fourth-order valence-electron chi connectivity index (χ4n) is 6.10. The number of aliphatic hydroxyl groups is 1. The second kappa shape index (κ2) is 13.9. The molecule has 234 valence electrons.